The van der Waals surface area contributed by atoms with Crippen LogP contribution in [0.2, 0.25) is 10.0 Å². The van der Waals surface area contributed by atoms with Crippen LogP contribution in [0.4, 0.5) is 4.79 Å². The molecule has 0 aliphatic heterocycles. The van der Waals surface area contributed by atoms with E-state index < -0.39 is 12.2 Å². The zero-order valence-electron chi connectivity index (χ0n) is 10.5. The Bertz CT molecular complexity index is 677. The smallest absolute Gasteiger partial charge is 0.411 e. The lowest BCUT2D eigenvalue weighted by Gasteiger charge is -2.15. The molecule has 0 aliphatic rings. The van der Waals surface area contributed by atoms with E-state index in [4.69, 9.17) is 28.9 Å². The number of benzene rings is 1. The maximum atomic E-state index is 10.6. The molecule has 0 bridgehead atoms. The first kappa shape index (κ1) is 15.4. The summed E-state index contributed by atoms with van der Waals surface area (Å²) in [5.41, 5.74) is 5.24. The highest BCUT2D eigenvalue weighted by atomic mass is 35.5. The van der Waals surface area contributed by atoms with Crippen molar-refractivity contribution in [2.75, 3.05) is 0 Å². The molecule has 1 atom stereocenters. The summed E-state index contributed by atoms with van der Waals surface area (Å²) in [6, 6.07) is 5.54. The van der Waals surface area contributed by atoms with E-state index in [0.29, 0.717) is 5.56 Å². The highest BCUT2D eigenvalue weighted by molar-refractivity contribution is 6.42. The summed E-state index contributed by atoms with van der Waals surface area (Å²) >= 11 is 11.8. The minimum absolute atomic E-state index is 0.0140. The Balaban J connectivity index is 2.34. The molecule has 0 saturated carbocycles. The Morgan fingerprint density at radius 2 is 2.00 bits per heavy atom. The van der Waals surface area contributed by atoms with Crippen LogP contribution in [0.15, 0.2) is 30.5 Å². The van der Waals surface area contributed by atoms with E-state index in [1.165, 1.54) is 30.5 Å². The van der Waals surface area contributed by atoms with Gasteiger partial charge in [0.2, 0.25) is 5.88 Å². The van der Waals surface area contributed by atoms with Crippen molar-refractivity contribution in [3.8, 4) is 11.6 Å². The van der Waals surface area contributed by atoms with Gasteiger partial charge in [-0.05, 0) is 18.2 Å². The van der Waals surface area contributed by atoms with Crippen LogP contribution < -0.4 is 10.5 Å². The van der Waals surface area contributed by atoms with Gasteiger partial charge in [-0.25, -0.2) is 9.78 Å². The maximum absolute atomic E-state index is 10.6. The molecule has 0 saturated heterocycles. The monoisotopic (exact) mass is 328 g/mol. The van der Waals surface area contributed by atoms with E-state index in [2.05, 4.69) is 9.72 Å². The highest BCUT2D eigenvalue weighted by Crippen LogP contribution is 2.39. The van der Waals surface area contributed by atoms with Gasteiger partial charge in [0, 0.05) is 23.4 Å². The van der Waals surface area contributed by atoms with Gasteiger partial charge in [0.1, 0.15) is 11.9 Å². The number of nitrogens with zero attached hydrogens (tertiary/aromatic N) is 1. The van der Waals surface area contributed by atoms with Crippen molar-refractivity contribution in [3.63, 3.8) is 0 Å². The zero-order chi connectivity index (χ0) is 15.6. The van der Waals surface area contributed by atoms with Gasteiger partial charge >= 0.3 is 6.09 Å². The third-order valence-electron chi connectivity index (χ3n) is 2.66. The number of nitrogens with two attached hydrogens (primary N) is 1. The number of carbonyl (C=O) groups excluding carboxylic acids is 1. The van der Waals surface area contributed by atoms with E-state index in [-0.39, 0.29) is 27.2 Å². The first-order valence-electron chi connectivity index (χ1n) is 5.68. The predicted octanol–water partition coefficient (Wildman–Crippen LogP) is 2.63. The first-order chi connectivity index (χ1) is 9.90. The second-order valence-electron chi connectivity index (χ2n) is 4.05. The maximum Gasteiger partial charge on any atom is 0.411 e. The number of aliphatic hydroxyl groups is 1. The van der Waals surface area contributed by atoms with Gasteiger partial charge in [-0.3, -0.25) is 0 Å². The lowest BCUT2D eigenvalue weighted by atomic mass is 10.0. The number of ether oxygens (including phenoxy) is 1. The molecule has 8 heteroatoms. The molecular weight excluding hydrogens is 319 g/mol. The summed E-state index contributed by atoms with van der Waals surface area (Å²) in [5.74, 6) is -0.214. The number of hydrogen-bond donors (Lipinski definition) is 3. The zero-order valence-corrected chi connectivity index (χ0v) is 12.0. The van der Waals surface area contributed by atoms with E-state index in [9.17, 15) is 15.0 Å². The van der Waals surface area contributed by atoms with Crippen molar-refractivity contribution in [3.05, 3.63) is 51.6 Å². The molecule has 6 nitrogen and oxygen atoms in total. The molecule has 1 heterocycles. The molecule has 1 amide bonds. The molecule has 2 rings (SSSR count). The number of phenols is 1. The molecule has 2 aromatic rings. The van der Waals surface area contributed by atoms with E-state index in [0.717, 1.165) is 0 Å². The van der Waals surface area contributed by atoms with Crippen molar-refractivity contribution < 1.29 is 19.7 Å². The van der Waals surface area contributed by atoms with Gasteiger partial charge in [-0.2, -0.15) is 0 Å². The molecule has 0 fully saturated rings. The number of phenolic OH excluding ortho intramolecular Hbond substituents is 1. The Morgan fingerprint density at radius 1 is 1.29 bits per heavy atom. The average molecular weight is 329 g/mol. The van der Waals surface area contributed by atoms with Gasteiger partial charge in [0.25, 0.3) is 0 Å². The van der Waals surface area contributed by atoms with Gasteiger partial charge in [-0.1, -0.05) is 23.2 Å². The van der Waals surface area contributed by atoms with Crippen molar-refractivity contribution in [1.82, 2.24) is 4.98 Å². The van der Waals surface area contributed by atoms with Crippen molar-refractivity contribution in [2.45, 2.75) is 6.10 Å². The summed E-state index contributed by atoms with van der Waals surface area (Å²) in [7, 11) is 0. The van der Waals surface area contributed by atoms with Crippen LogP contribution in [0, 0.1) is 0 Å². The normalized spacial score (nSPS) is 12.0. The van der Waals surface area contributed by atoms with Crippen molar-refractivity contribution >= 4 is 29.3 Å². The second kappa shape index (κ2) is 6.17. The molecule has 0 aliphatic carbocycles. The van der Waals surface area contributed by atoms with E-state index in [1.54, 1.807) is 0 Å². The van der Waals surface area contributed by atoms with Gasteiger partial charge in [0.05, 0.1) is 10.0 Å². The second-order valence-corrected chi connectivity index (χ2v) is 4.83. The summed E-state index contributed by atoms with van der Waals surface area (Å²) in [6.45, 7) is 0. The SMILES string of the molecule is NC(=O)Oc1ccc(C(O)c2c(O)ccc(Cl)c2Cl)cn1. The van der Waals surface area contributed by atoms with Gasteiger partial charge in [-0.15, -0.1) is 0 Å². The fourth-order valence-electron chi connectivity index (χ4n) is 1.70. The van der Waals surface area contributed by atoms with Crippen molar-refractivity contribution in [2.24, 2.45) is 5.73 Å². The molecule has 0 spiro atoms. The Kier molecular flexibility index (Phi) is 4.52. The fourth-order valence-corrected chi connectivity index (χ4v) is 2.13. The van der Waals surface area contributed by atoms with Gasteiger partial charge in [0.15, 0.2) is 0 Å². The fraction of sp³-hybridized carbons (Fsp3) is 0.0769. The summed E-state index contributed by atoms with van der Waals surface area (Å²) < 4.78 is 4.57. The number of aromatic hydroxyl groups is 1. The van der Waals surface area contributed by atoms with Crippen molar-refractivity contribution in [1.29, 1.82) is 0 Å². The minimum Gasteiger partial charge on any atom is -0.508 e. The van der Waals surface area contributed by atoms with Crippen LogP contribution in [0.1, 0.15) is 17.2 Å². The topological polar surface area (TPSA) is 106 Å². The van der Waals surface area contributed by atoms with Crippen LogP contribution >= 0.6 is 23.2 Å². The standard InChI is InChI=1S/C13H10Cl2N2O4/c14-7-2-3-8(18)10(11(7)15)12(19)6-1-4-9(17-5-6)21-13(16)20/h1-5,12,18-19H,(H2,16,20). The molecule has 21 heavy (non-hydrogen) atoms. The number of halogens is 2. The lowest BCUT2D eigenvalue weighted by molar-refractivity contribution is 0.208. The number of aliphatic hydroxyl groups excluding tert-OH is 1. The number of amides is 1. The number of primary amides is 1. The summed E-state index contributed by atoms with van der Waals surface area (Å²) in [4.78, 5) is 14.4. The Labute approximate surface area is 129 Å². The van der Waals surface area contributed by atoms with Crippen LogP contribution in [0.3, 0.4) is 0 Å². The molecule has 1 aromatic heterocycles. The Hall–Kier alpha value is -2.02. The summed E-state index contributed by atoms with van der Waals surface area (Å²) in [5, 5.41) is 20.3. The van der Waals surface area contributed by atoms with Crippen LogP contribution in [0.5, 0.6) is 11.6 Å². The third kappa shape index (κ3) is 3.36. The number of rotatable bonds is 3. The largest absolute Gasteiger partial charge is 0.508 e. The molecule has 110 valence electrons. The number of aromatic nitrogens is 1. The van der Waals surface area contributed by atoms with Gasteiger partial charge < -0.3 is 20.7 Å². The average Bonchev–Trinajstić information content (AvgIpc) is 2.43. The van der Waals surface area contributed by atoms with Crippen LogP contribution in [-0.4, -0.2) is 21.3 Å². The Morgan fingerprint density at radius 3 is 2.57 bits per heavy atom. The minimum atomic E-state index is -1.24. The quantitative estimate of drug-likeness (QED) is 0.803. The van der Waals surface area contributed by atoms with Crippen LogP contribution in [0.25, 0.3) is 0 Å². The highest BCUT2D eigenvalue weighted by Gasteiger charge is 2.20. The first-order valence-corrected chi connectivity index (χ1v) is 6.44. The number of carbonyl (C=O) groups is 1. The van der Waals surface area contributed by atoms with Crippen LogP contribution in [-0.2, 0) is 0 Å². The molecule has 4 N–H and O–H groups in total. The third-order valence-corrected chi connectivity index (χ3v) is 3.48. The summed E-state index contributed by atoms with van der Waals surface area (Å²) in [6.07, 6.45) is -0.975. The molecule has 1 unspecified atom stereocenters. The number of hydrogen-bond acceptors (Lipinski definition) is 5. The van der Waals surface area contributed by atoms with E-state index >= 15 is 0 Å². The molecule has 1 aromatic carbocycles. The number of pyridine rings is 1. The predicted molar refractivity (Wildman–Crippen MR) is 76.6 cm³/mol. The molecular formula is C13H10Cl2N2O4. The molecule has 0 radical (unpaired) electrons. The lowest BCUT2D eigenvalue weighted by Crippen LogP contribution is -2.17. The van der Waals surface area contributed by atoms with E-state index in [1.807, 2.05) is 0 Å².